The zero-order chi connectivity index (χ0) is 20.6. The number of aryl methyl sites for hydroxylation is 1. The second-order valence-electron chi connectivity index (χ2n) is 7.85. The average Bonchev–Trinajstić information content (AvgIpc) is 3.10. The first-order valence-electron chi connectivity index (χ1n) is 9.85. The van der Waals surface area contributed by atoms with Crippen LogP contribution in [0.4, 0.5) is 0 Å². The molecule has 1 fully saturated rings. The highest BCUT2D eigenvalue weighted by atomic mass is 16.6. The summed E-state index contributed by atoms with van der Waals surface area (Å²) in [4.78, 5) is 16.5. The quantitative estimate of drug-likeness (QED) is 0.422. The van der Waals surface area contributed by atoms with Crippen molar-refractivity contribution in [1.82, 2.24) is 10.6 Å². The van der Waals surface area contributed by atoms with E-state index >= 15 is 0 Å². The summed E-state index contributed by atoms with van der Waals surface area (Å²) in [7, 11) is 0. The van der Waals surface area contributed by atoms with Gasteiger partial charge in [0.15, 0.2) is 5.96 Å². The first-order chi connectivity index (χ1) is 13.3. The monoisotopic (exact) mass is 391 g/mol. The zero-order valence-corrected chi connectivity index (χ0v) is 17.6. The smallest absolute Gasteiger partial charge is 0.325 e. The van der Waals surface area contributed by atoms with Gasteiger partial charge in [0.2, 0.25) is 0 Å². The number of carbonyl (C=O) groups is 1. The van der Waals surface area contributed by atoms with Crippen molar-refractivity contribution in [2.75, 3.05) is 26.3 Å². The number of hydrogen-bond acceptors (Lipinski definition) is 5. The number of guanidine groups is 1. The molecule has 0 spiro atoms. The van der Waals surface area contributed by atoms with Crippen molar-refractivity contribution in [3.05, 3.63) is 29.3 Å². The number of nitrogens with one attached hydrogen (secondary N) is 2. The fourth-order valence-corrected chi connectivity index (χ4v) is 2.73. The summed E-state index contributed by atoms with van der Waals surface area (Å²) < 4.78 is 16.8. The lowest BCUT2D eigenvalue weighted by Gasteiger charge is -2.20. The Bertz CT molecular complexity index is 677. The Labute approximate surface area is 167 Å². The Kier molecular flexibility index (Phi) is 8.11. The van der Waals surface area contributed by atoms with E-state index in [4.69, 9.17) is 14.2 Å². The first-order valence-corrected chi connectivity index (χ1v) is 9.85. The number of aliphatic imine (C=N–C) groups is 1. The Balaban J connectivity index is 2.02. The molecule has 28 heavy (non-hydrogen) atoms. The predicted octanol–water partition coefficient (Wildman–Crippen LogP) is 2.56. The van der Waals surface area contributed by atoms with Gasteiger partial charge >= 0.3 is 5.97 Å². The predicted molar refractivity (Wildman–Crippen MR) is 110 cm³/mol. The van der Waals surface area contributed by atoms with Gasteiger partial charge in [0.1, 0.15) is 24.0 Å². The van der Waals surface area contributed by atoms with Gasteiger partial charge in [-0.05, 0) is 46.2 Å². The van der Waals surface area contributed by atoms with E-state index in [2.05, 4.69) is 15.6 Å². The van der Waals surface area contributed by atoms with Crippen LogP contribution in [0, 0.1) is 6.92 Å². The van der Waals surface area contributed by atoms with E-state index < -0.39 is 5.60 Å². The van der Waals surface area contributed by atoms with Crippen LogP contribution >= 0.6 is 0 Å². The molecule has 156 valence electrons. The van der Waals surface area contributed by atoms with Crippen molar-refractivity contribution < 1.29 is 19.0 Å². The SMILES string of the molecule is CCNC(=NCc1ccc(C)cc1OC1CCOC1)NCC(=O)OC(C)(C)C. The van der Waals surface area contributed by atoms with Crippen molar-refractivity contribution in [2.24, 2.45) is 4.99 Å². The van der Waals surface area contributed by atoms with Gasteiger partial charge in [-0.15, -0.1) is 0 Å². The van der Waals surface area contributed by atoms with Gasteiger partial charge in [0.05, 0.1) is 19.8 Å². The summed E-state index contributed by atoms with van der Waals surface area (Å²) in [6.45, 7) is 12.1. The fourth-order valence-electron chi connectivity index (χ4n) is 2.73. The minimum absolute atomic E-state index is 0.0553. The van der Waals surface area contributed by atoms with E-state index in [1.165, 1.54) is 0 Å². The highest BCUT2D eigenvalue weighted by Gasteiger charge is 2.19. The summed E-state index contributed by atoms with van der Waals surface area (Å²) in [6.07, 6.45) is 0.986. The zero-order valence-electron chi connectivity index (χ0n) is 17.6. The lowest BCUT2D eigenvalue weighted by atomic mass is 10.1. The molecule has 2 N–H and O–H groups in total. The van der Waals surface area contributed by atoms with E-state index in [0.717, 1.165) is 29.9 Å². The number of esters is 1. The van der Waals surface area contributed by atoms with E-state index in [1.807, 2.05) is 52.8 Å². The van der Waals surface area contributed by atoms with Crippen LogP contribution in [0.1, 0.15) is 45.2 Å². The van der Waals surface area contributed by atoms with Gasteiger partial charge in [-0.25, -0.2) is 4.99 Å². The molecule has 1 aromatic carbocycles. The molecular weight excluding hydrogens is 358 g/mol. The van der Waals surface area contributed by atoms with Crippen LogP contribution in [0.5, 0.6) is 5.75 Å². The Hall–Kier alpha value is -2.28. The highest BCUT2D eigenvalue weighted by Crippen LogP contribution is 2.24. The molecule has 1 unspecified atom stereocenters. The van der Waals surface area contributed by atoms with Crippen LogP contribution in [0.15, 0.2) is 23.2 Å². The summed E-state index contributed by atoms with van der Waals surface area (Å²) in [5.41, 5.74) is 1.62. The molecule has 1 heterocycles. The molecule has 1 aromatic rings. The van der Waals surface area contributed by atoms with Crippen molar-refractivity contribution in [3.8, 4) is 5.75 Å². The van der Waals surface area contributed by atoms with Crippen LogP contribution in [0.2, 0.25) is 0 Å². The van der Waals surface area contributed by atoms with E-state index in [-0.39, 0.29) is 18.6 Å². The molecule has 0 radical (unpaired) electrons. The second kappa shape index (κ2) is 10.3. The molecular formula is C21H33N3O4. The maximum atomic E-state index is 11.9. The first kappa shape index (κ1) is 22.0. The van der Waals surface area contributed by atoms with Crippen molar-refractivity contribution in [3.63, 3.8) is 0 Å². The molecule has 7 heteroatoms. The number of carbonyl (C=O) groups excluding carboxylic acids is 1. The summed E-state index contributed by atoms with van der Waals surface area (Å²) in [5.74, 6) is 1.07. The maximum absolute atomic E-state index is 11.9. The number of benzene rings is 1. The molecule has 0 aliphatic carbocycles. The minimum atomic E-state index is -0.508. The molecule has 1 aliphatic heterocycles. The third-order valence-corrected chi connectivity index (χ3v) is 3.98. The number of hydrogen-bond donors (Lipinski definition) is 2. The molecule has 0 aromatic heterocycles. The number of nitrogens with zero attached hydrogens (tertiary/aromatic N) is 1. The number of ether oxygens (including phenoxy) is 3. The average molecular weight is 392 g/mol. The Morgan fingerprint density at radius 3 is 2.75 bits per heavy atom. The van der Waals surface area contributed by atoms with Gasteiger partial charge in [0, 0.05) is 18.5 Å². The summed E-state index contributed by atoms with van der Waals surface area (Å²) >= 11 is 0. The largest absolute Gasteiger partial charge is 0.488 e. The summed E-state index contributed by atoms with van der Waals surface area (Å²) in [5, 5.41) is 6.17. The van der Waals surface area contributed by atoms with Gasteiger partial charge in [0.25, 0.3) is 0 Å². The number of rotatable bonds is 7. The van der Waals surface area contributed by atoms with Crippen LogP contribution in [-0.4, -0.2) is 49.9 Å². The van der Waals surface area contributed by atoms with E-state index in [0.29, 0.717) is 25.7 Å². The highest BCUT2D eigenvalue weighted by molar-refractivity contribution is 5.84. The molecule has 0 bridgehead atoms. The van der Waals surface area contributed by atoms with Crippen LogP contribution < -0.4 is 15.4 Å². The van der Waals surface area contributed by atoms with Crippen molar-refractivity contribution in [2.45, 2.75) is 59.3 Å². The second-order valence-corrected chi connectivity index (χ2v) is 7.85. The van der Waals surface area contributed by atoms with Crippen LogP contribution in [-0.2, 0) is 20.8 Å². The molecule has 7 nitrogen and oxygen atoms in total. The topological polar surface area (TPSA) is 81.2 Å². The van der Waals surface area contributed by atoms with Crippen molar-refractivity contribution >= 4 is 11.9 Å². The molecule has 1 aliphatic rings. The van der Waals surface area contributed by atoms with Gasteiger partial charge in [-0.1, -0.05) is 12.1 Å². The Morgan fingerprint density at radius 1 is 1.32 bits per heavy atom. The third kappa shape index (κ3) is 7.76. The van der Waals surface area contributed by atoms with Gasteiger partial charge in [-0.2, -0.15) is 0 Å². The Morgan fingerprint density at radius 2 is 2.11 bits per heavy atom. The van der Waals surface area contributed by atoms with E-state index in [9.17, 15) is 4.79 Å². The normalized spacial score (nSPS) is 17.3. The van der Waals surface area contributed by atoms with Gasteiger partial charge < -0.3 is 24.8 Å². The molecule has 0 saturated carbocycles. The maximum Gasteiger partial charge on any atom is 0.325 e. The fraction of sp³-hybridized carbons (Fsp3) is 0.619. The van der Waals surface area contributed by atoms with Gasteiger partial charge in [-0.3, -0.25) is 4.79 Å². The molecule has 2 rings (SSSR count). The molecule has 0 amide bonds. The van der Waals surface area contributed by atoms with E-state index in [1.54, 1.807) is 0 Å². The minimum Gasteiger partial charge on any atom is -0.488 e. The standard InChI is InChI=1S/C21H33N3O4/c1-6-22-20(24-13-19(25)28-21(3,4)5)23-12-16-8-7-15(2)11-18(16)27-17-9-10-26-14-17/h7-8,11,17H,6,9-10,12-14H2,1-5H3,(H2,22,23,24). The summed E-state index contributed by atoms with van der Waals surface area (Å²) in [6, 6.07) is 6.11. The van der Waals surface area contributed by atoms with Crippen LogP contribution in [0.25, 0.3) is 0 Å². The molecule has 1 saturated heterocycles. The third-order valence-electron chi connectivity index (χ3n) is 3.98. The lowest BCUT2D eigenvalue weighted by molar-refractivity contribution is -0.153. The van der Waals surface area contributed by atoms with Crippen LogP contribution in [0.3, 0.4) is 0 Å². The molecule has 1 atom stereocenters. The lowest BCUT2D eigenvalue weighted by Crippen LogP contribution is -2.41. The van der Waals surface area contributed by atoms with Crippen molar-refractivity contribution in [1.29, 1.82) is 0 Å².